The monoisotopic (exact) mass is 238 g/mol. The number of hydrogen-bond donors (Lipinski definition) is 1. The van der Waals surface area contributed by atoms with E-state index in [2.05, 4.69) is 41.4 Å². The van der Waals surface area contributed by atoms with Gasteiger partial charge in [0.2, 0.25) is 5.89 Å². The lowest BCUT2D eigenvalue weighted by molar-refractivity contribution is 0.240. The zero-order valence-corrected chi connectivity index (χ0v) is 11.0. The number of nitrogens with zero attached hydrogens (tertiary/aromatic N) is 3. The molecule has 0 aliphatic carbocycles. The van der Waals surface area contributed by atoms with Crippen molar-refractivity contribution in [3.05, 3.63) is 11.7 Å². The van der Waals surface area contributed by atoms with E-state index < -0.39 is 0 Å². The summed E-state index contributed by atoms with van der Waals surface area (Å²) < 4.78 is 5.43. The minimum Gasteiger partial charge on any atom is -0.339 e. The molecule has 1 N–H and O–H groups in total. The highest BCUT2D eigenvalue weighted by atomic mass is 16.5. The molecule has 0 amide bonds. The third-order valence-electron chi connectivity index (χ3n) is 3.47. The van der Waals surface area contributed by atoms with Crippen molar-refractivity contribution >= 4 is 0 Å². The molecule has 17 heavy (non-hydrogen) atoms. The van der Waals surface area contributed by atoms with Crippen molar-refractivity contribution in [1.29, 1.82) is 0 Å². The normalized spacial score (nSPS) is 19.8. The summed E-state index contributed by atoms with van der Waals surface area (Å²) in [5.41, 5.74) is 0.0641. The molecule has 0 saturated carbocycles. The van der Waals surface area contributed by atoms with Crippen molar-refractivity contribution < 1.29 is 4.52 Å². The van der Waals surface area contributed by atoms with Gasteiger partial charge in [0.15, 0.2) is 5.82 Å². The number of rotatable bonds is 4. The van der Waals surface area contributed by atoms with Gasteiger partial charge in [-0.25, -0.2) is 0 Å². The van der Waals surface area contributed by atoms with Gasteiger partial charge in [-0.15, -0.1) is 0 Å². The summed E-state index contributed by atoms with van der Waals surface area (Å²) in [6.07, 6.45) is 3.00. The molecule has 1 saturated heterocycles. The van der Waals surface area contributed by atoms with Gasteiger partial charge in [0.05, 0.1) is 0 Å². The first-order valence-electron chi connectivity index (χ1n) is 6.29. The maximum absolute atomic E-state index is 5.43. The Hall–Kier alpha value is -0.940. The van der Waals surface area contributed by atoms with Gasteiger partial charge in [-0.2, -0.15) is 4.98 Å². The second-order valence-corrected chi connectivity index (χ2v) is 5.38. The molecule has 0 bridgehead atoms. The molecule has 1 fully saturated rings. The zero-order chi connectivity index (χ0) is 12.3. The number of hydrogen-bond acceptors (Lipinski definition) is 5. The van der Waals surface area contributed by atoms with E-state index in [1.54, 1.807) is 0 Å². The van der Waals surface area contributed by atoms with E-state index in [1.165, 1.54) is 0 Å². The Bertz CT molecular complexity index is 355. The van der Waals surface area contributed by atoms with Crippen LogP contribution < -0.4 is 5.32 Å². The van der Waals surface area contributed by atoms with Crippen LogP contribution >= 0.6 is 0 Å². The van der Waals surface area contributed by atoms with Crippen molar-refractivity contribution in [2.45, 2.75) is 31.6 Å². The highest BCUT2D eigenvalue weighted by Gasteiger charge is 2.34. The predicted molar refractivity (Wildman–Crippen MR) is 66.0 cm³/mol. The highest BCUT2D eigenvalue weighted by Crippen LogP contribution is 2.31. The van der Waals surface area contributed by atoms with Gasteiger partial charge in [0, 0.05) is 18.4 Å². The number of aromatic nitrogens is 2. The zero-order valence-electron chi connectivity index (χ0n) is 11.0. The third kappa shape index (κ3) is 3.04. The fourth-order valence-electron chi connectivity index (χ4n) is 2.12. The van der Waals surface area contributed by atoms with Crippen LogP contribution in [0, 0.1) is 0 Å². The molecule has 0 unspecified atom stereocenters. The van der Waals surface area contributed by atoms with E-state index in [-0.39, 0.29) is 5.41 Å². The summed E-state index contributed by atoms with van der Waals surface area (Å²) in [6.45, 7) is 5.24. The molecule has 1 aliphatic rings. The molecule has 96 valence electrons. The Morgan fingerprint density at radius 2 is 2.06 bits per heavy atom. The summed E-state index contributed by atoms with van der Waals surface area (Å²) in [5.74, 6) is 1.64. The van der Waals surface area contributed by atoms with Crippen LogP contribution in [0.3, 0.4) is 0 Å². The average molecular weight is 238 g/mol. The quantitative estimate of drug-likeness (QED) is 0.841. The van der Waals surface area contributed by atoms with Crippen molar-refractivity contribution in [3.63, 3.8) is 0 Å². The smallest absolute Gasteiger partial charge is 0.232 e. The van der Waals surface area contributed by atoms with Crippen molar-refractivity contribution in [2.75, 3.05) is 33.7 Å². The maximum atomic E-state index is 5.43. The summed E-state index contributed by atoms with van der Waals surface area (Å²) in [4.78, 5) is 6.67. The lowest BCUT2D eigenvalue weighted by Gasteiger charge is -2.30. The fourth-order valence-corrected chi connectivity index (χ4v) is 2.12. The SMILES string of the molecule is CN(C)CCc1noc(C2(C)CCNCC2)n1. The van der Waals surface area contributed by atoms with Gasteiger partial charge in [-0.3, -0.25) is 0 Å². The van der Waals surface area contributed by atoms with Gasteiger partial charge < -0.3 is 14.7 Å². The Kier molecular flexibility index (Phi) is 3.79. The molecular formula is C12H22N4O. The van der Waals surface area contributed by atoms with Gasteiger partial charge >= 0.3 is 0 Å². The first-order valence-corrected chi connectivity index (χ1v) is 6.29. The van der Waals surface area contributed by atoms with E-state index in [9.17, 15) is 0 Å². The van der Waals surface area contributed by atoms with Crippen LogP contribution in [0.1, 0.15) is 31.5 Å². The predicted octanol–water partition coefficient (Wildman–Crippen LogP) is 0.815. The largest absolute Gasteiger partial charge is 0.339 e. The summed E-state index contributed by atoms with van der Waals surface area (Å²) >= 11 is 0. The van der Waals surface area contributed by atoms with E-state index in [1.807, 2.05) is 0 Å². The molecular weight excluding hydrogens is 216 g/mol. The maximum Gasteiger partial charge on any atom is 0.232 e. The van der Waals surface area contributed by atoms with Crippen LogP contribution in [0.15, 0.2) is 4.52 Å². The first kappa shape index (κ1) is 12.5. The van der Waals surface area contributed by atoms with Gasteiger partial charge in [0.25, 0.3) is 0 Å². The number of likely N-dealkylation sites (N-methyl/N-ethyl adjacent to an activating group) is 1. The molecule has 1 aromatic rings. The van der Waals surface area contributed by atoms with Crippen molar-refractivity contribution in [1.82, 2.24) is 20.4 Å². The van der Waals surface area contributed by atoms with Gasteiger partial charge in [-0.1, -0.05) is 12.1 Å². The Labute approximate surface area is 103 Å². The standard InChI is InChI=1S/C12H22N4O/c1-12(5-7-13-8-6-12)11-14-10(15-17-11)4-9-16(2)3/h13H,4-9H2,1-3H3. The first-order chi connectivity index (χ1) is 8.10. The van der Waals surface area contributed by atoms with E-state index in [0.29, 0.717) is 0 Å². The Balaban J connectivity index is 2.01. The number of nitrogens with one attached hydrogen (secondary N) is 1. The molecule has 5 nitrogen and oxygen atoms in total. The molecule has 5 heteroatoms. The van der Waals surface area contributed by atoms with E-state index in [0.717, 1.165) is 50.6 Å². The number of piperidine rings is 1. The fraction of sp³-hybridized carbons (Fsp3) is 0.833. The molecule has 0 atom stereocenters. The summed E-state index contributed by atoms with van der Waals surface area (Å²) in [7, 11) is 4.10. The minimum atomic E-state index is 0.0641. The molecule has 2 rings (SSSR count). The lowest BCUT2D eigenvalue weighted by atomic mass is 9.81. The molecule has 0 radical (unpaired) electrons. The van der Waals surface area contributed by atoms with Crippen LogP contribution in [0.2, 0.25) is 0 Å². The molecule has 2 heterocycles. The molecule has 1 aliphatic heterocycles. The van der Waals surface area contributed by atoms with Crippen LogP contribution in [0.4, 0.5) is 0 Å². The lowest BCUT2D eigenvalue weighted by Crippen LogP contribution is -2.37. The second-order valence-electron chi connectivity index (χ2n) is 5.38. The van der Waals surface area contributed by atoms with Crippen LogP contribution in [-0.4, -0.2) is 48.8 Å². The summed E-state index contributed by atoms with van der Waals surface area (Å²) in [6, 6.07) is 0. The minimum absolute atomic E-state index is 0.0641. The summed E-state index contributed by atoms with van der Waals surface area (Å²) in [5, 5.41) is 7.44. The molecule has 0 spiro atoms. The highest BCUT2D eigenvalue weighted by molar-refractivity contribution is 5.05. The topological polar surface area (TPSA) is 54.2 Å². The Morgan fingerprint density at radius 3 is 2.71 bits per heavy atom. The third-order valence-corrected chi connectivity index (χ3v) is 3.47. The van der Waals surface area contributed by atoms with Gasteiger partial charge in [0.1, 0.15) is 0 Å². The second kappa shape index (κ2) is 5.14. The van der Waals surface area contributed by atoms with Crippen molar-refractivity contribution in [2.24, 2.45) is 0 Å². The van der Waals surface area contributed by atoms with E-state index >= 15 is 0 Å². The van der Waals surface area contributed by atoms with Crippen LogP contribution in [0.5, 0.6) is 0 Å². The van der Waals surface area contributed by atoms with Crippen molar-refractivity contribution in [3.8, 4) is 0 Å². The van der Waals surface area contributed by atoms with Gasteiger partial charge in [-0.05, 0) is 40.0 Å². The van der Waals surface area contributed by atoms with E-state index in [4.69, 9.17) is 4.52 Å². The molecule has 1 aromatic heterocycles. The Morgan fingerprint density at radius 1 is 1.35 bits per heavy atom. The molecule has 0 aromatic carbocycles. The average Bonchev–Trinajstić information content (AvgIpc) is 2.76. The van der Waals surface area contributed by atoms with Crippen LogP contribution in [0.25, 0.3) is 0 Å². The van der Waals surface area contributed by atoms with Crippen LogP contribution in [-0.2, 0) is 11.8 Å².